The molecule has 0 atom stereocenters. The summed E-state index contributed by atoms with van der Waals surface area (Å²) in [6.45, 7) is 2.82. The summed E-state index contributed by atoms with van der Waals surface area (Å²) in [5, 5.41) is 21.7. The molecule has 3 aromatic rings. The molecule has 2 heterocycles. The van der Waals surface area contributed by atoms with Crippen LogP contribution in [-0.4, -0.2) is 39.9 Å². The van der Waals surface area contributed by atoms with E-state index in [1.807, 2.05) is 47.8 Å². The summed E-state index contributed by atoms with van der Waals surface area (Å²) >= 11 is 1.42. The second kappa shape index (κ2) is 8.51. The standard InChI is InChI=1S/C23H21N3O3S/c1-2-29-23(28)17-10-8-15(9-11-17)12-26-13-19(27)20(21(26)24)22-25-18(14-30-22)16-6-4-3-5-7-16/h3-11,14,24,27H,2,12-13H2,1H3. The van der Waals surface area contributed by atoms with E-state index in [0.717, 1.165) is 16.8 Å². The molecule has 7 heteroatoms. The Morgan fingerprint density at radius 1 is 1.20 bits per heavy atom. The van der Waals surface area contributed by atoms with E-state index in [0.29, 0.717) is 29.3 Å². The van der Waals surface area contributed by atoms with E-state index in [9.17, 15) is 9.90 Å². The van der Waals surface area contributed by atoms with Crippen molar-refractivity contribution >= 4 is 28.7 Å². The van der Waals surface area contributed by atoms with Crippen molar-refractivity contribution < 1.29 is 14.6 Å². The number of carbonyl (C=O) groups is 1. The number of aliphatic hydroxyl groups excluding tert-OH is 1. The van der Waals surface area contributed by atoms with Crippen LogP contribution in [0.4, 0.5) is 0 Å². The van der Waals surface area contributed by atoms with Crippen molar-refractivity contribution in [3.63, 3.8) is 0 Å². The molecule has 0 amide bonds. The van der Waals surface area contributed by atoms with Crippen LogP contribution in [0.15, 0.2) is 65.7 Å². The number of hydrogen-bond donors (Lipinski definition) is 2. The zero-order valence-electron chi connectivity index (χ0n) is 16.5. The van der Waals surface area contributed by atoms with E-state index in [2.05, 4.69) is 4.98 Å². The minimum atomic E-state index is -0.349. The van der Waals surface area contributed by atoms with E-state index >= 15 is 0 Å². The number of nitrogens with one attached hydrogen (secondary N) is 1. The van der Waals surface area contributed by atoms with Gasteiger partial charge in [0.1, 0.15) is 16.6 Å². The van der Waals surface area contributed by atoms with Crippen LogP contribution in [0.2, 0.25) is 0 Å². The Hall–Kier alpha value is -3.45. The predicted molar refractivity (Wildman–Crippen MR) is 118 cm³/mol. The Morgan fingerprint density at radius 2 is 1.93 bits per heavy atom. The van der Waals surface area contributed by atoms with Gasteiger partial charge in [0.15, 0.2) is 0 Å². The third-order valence-electron chi connectivity index (χ3n) is 4.81. The SMILES string of the molecule is CCOC(=O)c1ccc(CN2CC(O)=C(c3nc(-c4ccccc4)cs3)C2=N)cc1. The van der Waals surface area contributed by atoms with Gasteiger partial charge in [0.2, 0.25) is 0 Å². The average Bonchev–Trinajstić information content (AvgIpc) is 3.34. The van der Waals surface area contributed by atoms with E-state index in [-0.39, 0.29) is 24.1 Å². The fraction of sp³-hybridized carbons (Fsp3) is 0.174. The van der Waals surface area contributed by atoms with Gasteiger partial charge in [-0.2, -0.15) is 0 Å². The summed E-state index contributed by atoms with van der Waals surface area (Å²) < 4.78 is 5.00. The van der Waals surface area contributed by atoms with Gasteiger partial charge in [-0.25, -0.2) is 9.78 Å². The molecule has 1 aliphatic heterocycles. The van der Waals surface area contributed by atoms with Crippen LogP contribution >= 0.6 is 11.3 Å². The minimum Gasteiger partial charge on any atom is -0.510 e. The number of nitrogens with zero attached hydrogens (tertiary/aromatic N) is 2. The summed E-state index contributed by atoms with van der Waals surface area (Å²) in [5.74, 6) is 0.0468. The van der Waals surface area contributed by atoms with Crippen molar-refractivity contribution in [2.75, 3.05) is 13.2 Å². The van der Waals surface area contributed by atoms with E-state index < -0.39 is 0 Å². The van der Waals surface area contributed by atoms with Crippen molar-refractivity contribution in [1.82, 2.24) is 9.88 Å². The number of ether oxygens (including phenoxy) is 1. The molecule has 4 rings (SSSR count). The molecule has 152 valence electrons. The maximum absolute atomic E-state index is 11.8. The topological polar surface area (TPSA) is 86.5 Å². The predicted octanol–water partition coefficient (Wildman–Crippen LogP) is 4.75. The van der Waals surface area contributed by atoms with Gasteiger partial charge in [-0.15, -0.1) is 11.3 Å². The molecule has 30 heavy (non-hydrogen) atoms. The highest BCUT2D eigenvalue weighted by Crippen LogP contribution is 2.32. The van der Waals surface area contributed by atoms with Crippen LogP contribution in [-0.2, 0) is 11.3 Å². The average molecular weight is 420 g/mol. The minimum absolute atomic E-state index is 0.150. The maximum Gasteiger partial charge on any atom is 0.338 e. The third-order valence-corrected chi connectivity index (χ3v) is 5.67. The van der Waals surface area contributed by atoms with E-state index in [1.54, 1.807) is 24.0 Å². The maximum atomic E-state index is 11.8. The van der Waals surface area contributed by atoms with E-state index in [1.165, 1.54) is 11.3 Å². The van der Waals surface area contributed by atoms with Crippen LogP contribution in [0.25, 0.3) is 16.8 Å². The monoisotopic (exact) mass is 419 g/mol. The Morgan fingerprint density at radius 3 is 2.63 bits per heavy atom. The number of hydrogen-bond acceptors (Lipinski definition) is 6. The van der Waals surface area contributed by atoms with Gasteiger partial charge in [-0.3, -0.25) is 5.41 Å². The number of amidine groups is 1. The highest BCUT2D eigenvalue weighted by Gasteiger charge is 2.30. The Bertz CT molecular complexity index is 1100. The van der Waals surface area contributed by atoms with Gasteiger partial charge < -0.3 is 14.7 Å². The zero-order valence-corrected chi connectivity index (χ0v) is 17.3. The molecule has 2 N–H and O–H groups in total. The summed E-state index contributed by atoms with van der Waals surface area (Å²) in [6, 6.07) is 16.9. The quantitative estimate of drug-likeness (QED) is 0.563. The first-order chi connectivity index (χ1) is 14.6. The Balaban J connectivity index is 1.48. The number of carbonyl (C=O) groups excluding carboxylic acids is 1. The number of esters is 1. The second-order valence-corrected chi connectivity index (χ2v) is 7.71. The number of aliphatic hydroxyl groups is 1. The number of aromatic nitrogens is 1. The largest absolute Gasteiger partial charge is 0.510 e. The van der Waals surface area contributed by atoms with Crippen molar-refractivity contribution in [3.05, 3.63) is 81.9 Å². The van der Waals surface area contributed by atoms with Gasteiger partial charge >= 0.3 is 5.97 Å². The number of rotatable bonds is 6. The fourth-order valence-electron chi connectivity index (χ4n) is 3.30. The fourth-order valence-corrected chi connectivity index (χ4v) is 4.20. The molecule has 6 nitrogen and oxygen atoms in total. The lowest BCUT2D eigenvalue weighted by atomic mass is 10.1. The van der Waals surface area contributed by atoms with E-state index in [4.69, 9.17) is 10.1 Å². The van der Waals surface area contributed by atoms with Crippen LogP contribution in [0, 0.1) is 5.41 Å². The van der Waals surface area contributed by atoms with Crippen molar-refractivity contribution in [2.24, 2.45) is 0 Å². The molecule has 0 aliphatic carbocycles. The Kier molecular flexibility index (Phi) is 5.63. The van der Waals surface area contributed by atoms with Crippen LogP contribution in [0.3, 0.4) is 0 Å². The molecule has 0 radical (unpaired) electrons. The normalized spacial score (nSPS) is 13.8. The molecule has 1 aliphatic rings. The first kappa shape index (κ1) is 19.8. The van der Waals surface area contributed by atoms with Gasteiger partial charge in [0.05, 0.1) is 30.0 Å². The lowest BCUT2D eigenvalue weighted by molar-refractivity contribution is 0.0526. The summed E-state index contributed by atoms with van der Waals surface area (Å²) in [4.78, 5) is 18.2. The highest BCUT2D eigenvalue weighted by atomic mass is 32.1. The molecule has 0 unspecified atom stereocenters. The van der Waals surface area contributed by atoms with Gasteiger partial charge in [0.25, 0.3) is 0 Å². The molecule has 0 spiro atoms. The summed E-state index contributed by atoms with van der Waals surface area (Å²) in [6.07, 6.45) is 0. The lowest BCUT2D eigenvalue weighted by Gasteiger charge is -2.18. The van der Waals surface area contributed by atoms with Gasteiger partial charge in [-0.1, -0.05) is 42.5 Å². The van der Waals surface area contributed by atoms with Gasteiger partial charge in [-0.05, 0) is 24.6 Å². The van der Waals surface area contributed by atoms with Crippen molar-refractivity contribution in [3.8, 4) is 11.3 Å². The van der Waals surface area contributed by atoms with Crippen LogP contribution < -0.4 is 0 Å². The van der Waals surface area contributed by atoms with Crippen molar-refractivity contribution in [1.29, 1.82) is 5.41 Å². The molecule has 0 saturated heterocycles. The van der Waals surface area contributed by atoms with Crippen molar-refractivity contribution in [2.45, 2.75) is 13.5 Å². The smallest absolute Gasteiger partial charge is 0.338 e. The molecule has 2 aromatic carbocycles. The lowest BCUT2D eigenvalue weighted by Crippen LogP contribution is -2.26. The van der Waals surface area contributed by atoms with Crippen LogP contribution in [0.1, 0.15) is 27.9 Å². The molecule has 1 aromatic heterocycles. The molecular formula is C23H21N3O3S. The third kappa shape index (κ3) is 3.97. The first-order valence-electron chi connectivity index (χ1n) is 9.60. The van der Waals surface area contributed by atoms with Gasteiger partial charge in [0, 0.05) is 17.5 Å². The zero-order chi connectivity index (χ0) is 21.1. The van der Waals surface area contributed by atoms with Crippen LogP contribution in [0.5, 0.6) is 0 Å². The second-order valence-electron chi connectivity index (χ2n) is 6.85. The molecule has 0 bridgehead atoms. The molecular weight excluding hydrogens is 398 g/mol. The first-order valence-corrected chi connectivity index (χ1v) is 10.5. The molecule has 0 fully saturated rings. The number of thiazole rings is 1. The Labute approximate surface area is 178 Å². The summed E-state index contributed by atoms with van der Waals surface area (Å²) in [7, 11) is 0. The number of benzene rings is 2. The highest BCUT2D eigenvalue weighted by molar-refractivity contribution is 7.11. The molecule has 0 saturated carbocycles. The summed E-state index contributed by atoms with van der Waals surface area (Å²) in [5.41, 5.74) is 3.74.